The Kier molecular flexibility index (Phi) is 5.01. The van der Waals surface area contributed by atoms with Crippen LogP contribution in [-0.4, -0.2) is 11.2 Å². The van der Waals surface area contributed by atoms with E-state index in [1.165, 1.54) is 5.57 Å². The topological polar surface area (TPSA) is 20.2 Å². The van der Waals surface area contributed by atoms with Gasteiger partial charge in [0, 0.05) is 0 Å². The van der Waals surface area contributed by atoms with Crippen molar-refractivity contribution in [1.29, 1.82) is 0 Å². The van der Waals surface area contributed by atoms with E-state index in [0.717, 1.165) is 24.8 Å². The first-order valence-corrected chi connectivity index (χ1v) is 6.21. The Hall–Kier alpha value is -0.820. The number of rotatable bonds is 1. The molecule has 1 aliphatic carbocycles. The van der Waals surface area contributed by atoms with Gasteiger partial charge in [-0.15, -0.1) is 0 Å². The van der Waals surface area contributed by atoms with Crippen molar-refractivity contribution >= 4 is 0 Å². The molecule has 0 saturated heterocycles. The van der Waals surface area contributed by atoms with Crippen molar-refractivity contribution in [3.63, 3.8) is 0 Å². The predicted molar refractivity (Wildman–Crippen MR) is 70.2 cm³/mol. The first kappa shape index (κ1) is 13.2. The zero-order valence-electron chi connectivity index (χ0n) is 10.7. The lowest BCUT2D eigenvalue weighted by molar-refractivity contribution is 0.204. The summed E-state index contributed by atoms with van der Waals surface area (Å²) in [5.74, 6) is 1.18. The standard InChI is InChI=1S/C15H24O/c1-11(2)14-8-5-12(3)6-10-15(16)13(4)7-9-14/h5,7,9,11,14-16H,4,6,8,10H2,1-3H3/b9-7+,12-5-/t14-,15-/m1/s1. The van der Waals surface area contributed by atoms with Crippen molar-refractivity contribution in [2.45, 2.75) is 46.1 Å². The lowest BCUT2D eigenvalue weighted by atomic mass is 9.88. The van der Waals surface area contributed by atoms with E-state index < -0.39 is 0 Å². The number of hydrogen-bond acceptors (Lipinski definition) is 1. The molecular weight excluding hydrogens is 196 g/mol. The van der Waals surface area contributed by atoms with E-state index >= 15 is 0 Å². The molecule has 0 aliphatic heterocycles. The van der Waals surface area contributed by atoms with Crippen LogP contribution in [0.2, 0.25) is 0 Å². The third-order valence-corrected chi connectivity index (χ3v) is 3.39. The minimum Gasteiger partial charge on any atom is -0.388 e. The van der Waals surface area contributed by atoms with E-state index in [-0.39, 0.29) is 6.10 Å². The fourth-order valence-corrected chi connectivity index (χ4v) is 1.92. The van der Waals surface area contributed by atoms with Gasteiger partial charge in [-0.25, -0.2) is 0 Å². The number of aliphatic hydroxyl groups is 1. The smallest absolute Gasteiger partial charge is 0.0787 e. The third kappa shape index (κ3) is 3.97. The van der Waals surface area contributed by atoms with Crippen LogP contribution in [0, 0.1) is 11.8 Å². The van der Waals surface area contributed by atoms with Crippen molar-refractivity contribution in [1.82, 2.24) is 0 Å². The largest absolute Gasteiger partial charge is 0.388 e. The number of aliphatic hydroxyl groups excluding tert-OH is 1. The van der Waals surface area contributed by atoms with Crippen molar-refractivity contribution in [3.05, 3.63) is 36.0 Å². The Morgan fingerprint density at radius 3 is 2.75 bits per heavy atom. The van der Waals surface area contributed by atoms with E-state index in [9.17, 15) is 5.11 Å². The Bertz CT molecular complexity index is 297. The average molecular weight is 220 g/mol. The van der Waals surface area contributed by atoms with Crippen molar-refractivity contribution < 1.29 is 5.11 Å². The summed E-state index contributed by atoms with van der Waals surface area (Å²) in [6, 6.07) is 0. The normalized spacial score (nSPS) is 33.3. The molecule has 1 N–H and O–H groups in total. The number of hydrogen-bond donors (Lipinski definition) is 1. The first-order chi connectivity index (χ1) is 7.50. The van der Waals surface area contributed by atoms with E-state index in [1.54, 1.807) is 0 Å². The van der Waals surface area contributed by atoms with Crippen LogP contribution in [0.1, 0.15) is 40.0 Å². The summed E-state index contributed by atoms with van der Waals surface area (Å²) in [5, 5.41) is 9.86. The highest BCUT2D eigenvalue weighted by Crippen LogP contribution is 2.23. The molecule has 0 aromatic rings. The van der Waals surface area contributed by atoms with Crippen LogP contribution in [0.4, 0.5) is 0 Å². The molecule has 1 nitrogen and oxygen atoms in total. The Morgan fingerprint density at radius 2 is 2.12 bits per heavy atom. The van der Waals surface area contributed by atoms with Crippen LogP contribution in [0.5, 0.6) is 0 Å². The summed E-state index contributed by atoms with van der Waals surface area (Å²) in [4.78, 5) is 0. The van der Waals surface area contributed by atoms with Gasteiger partial charge in [0.05, 0.1) is 6.10 Å². The SMILES string of the molecule is C=C1/C=C/[C@H](C(C)C)C/C=C(/C)CC[C@H]1O. The molecule has 0 bridgehead atoms. The Labute approximate surface area is 99.6 Å². The summed E-state index contributed by atoms with van der Waals surface area (Å²) >= 11 is 0. The summed E-state index contributed by atoms with van der Waals surface area (Å²) in [5.41, 5.74) is 2.23. The minimum absolute atomic E-state index is 0.384. The molecule has 1 aliphatic rings. The van der Waals surface area contributed by atoms with E-state index in [4.69, 9.17) is 0 Å². The highest BCUT2D eigenvalue weighted by molar-refractivity contribution is 5.21. The third-order valence-electron chi connectivity index (χ3n) is 3.39. The summed E-state index contributed by atoms with van der Waals surface area (Å²) < 4.78 is 0. The maximum Gasteiger partial charge on any atom is 0.0787 e. The monoisotopic (exact) mass is 220 g/mol. The van der Waals surface area contributed by atoms with Gasteiger partial charge in [-0.2, -0.15) is 0 Å². The summed E-state index contributed by atoms with van der Waals surface area (Å²) in [6.07, 6.45) is 9.00. The van der Waals surface area contributed by atoms with Gasteiger partial charge < -0.3 is 5.11 Å². The van der Waals surface area contributed by atoms with Gasteiger partial charge >= 0.3 is 0 Å². The molecule has 0 fully saturated rings. The average Bonchev–Trinajstić information content (AvgIpc) is 2.23. The van der Waals surface area contributed by atoms with Gasteiger partial charge in [0.2, 0.25) is 0 Å². The van der Waals surface area contributed by atoms with Crippen LogP contribution < -0.4 is 0 Å². The molecule has 0 amide bonds. The molecule has 1 heteroatoms. The van der Waals surface area contributed by atoms with Crippen molar-refractivity contribution in [3.8, 4) is 0 Å². The predicted octanol–water partition coefficient (Wildman–Crippen LogP) is 3.86. The zero-order chi connectivity index (χ0) is 12.1. The van der Waals surface area contributed by atoms with Gasteiger partial charge in [0.15, 0.2) is 0 Å². The van der Waals surface area contributed by atoms with Crippen LogP contribution in [0.25, 0.3) is 0 Å². The zero-order valence-corrected chi connectivity index (χ0v) is 10.7. The van der Waals surface area contributed by atoms with Gasteiger partial charge in [-0.3, -0.25) is 0 Å². The van der Waals surface area contributed by atoms with Crippen LogP contribution in [-0.2, 0) is 0 Å². The molecule has 1 rings (SSSR count). The molecule has 90 valence electrons. The lowest BCUT2D eigenvalue weighted by Gasteiger charge is -2.18. The van der Waals surface area contributed by atoms with Crippen LogP contribution >= 0.6 is 0 Å². The second kappa shape index (κ2) is 6.05. The van der Waals surface area contributed by atoms with Gasteiger partial charge in [0.25, 0.3) is 0 Å². The molecule has 0 spiro atoms. The maximum absolute atomic E-state index is 9.86. The lowest BCUT2D eigenvalue weighted by Crippen LogP contribution is -2.11. The van der Waals surface area contributed by atoms with Crippen molar-refractivity contribution in [2.75, 3.05) is 0 Å². The quantitative estimate of drug-likeness (QED) is 0.665. The highest BCUT2D eigenvalue weighted by Gasteiger charge is 2.12. The molecule has 0 saturated carbocycles. The molecule has 0 aromatic heterocycles. The second-order valence-corrected chi connectivity index (χ2v) is 5.18. The van der Waals surface area contributed by atoms with Crippen LogP contribution in [0.3, 0.4) is 0 Å². The van der Waals surface area contributed by atoms with E-state index in [0.29, 0.717) is 11.8 Å². The van der Waals surface area contributed by atoms with Crippen molar-refractivity contribution in [2.24, 2.45) is 11.8 Å². The van der Waals surface area contributed by atoms with Gasteiger partial charge in [-0.1, -0.05) is 44.2 Å². The minimum atomic E-state index is -0.384. The maximum atomic E-state index is 9.86. The van der Waals surface area contributed by atoms with E-state index in [2.05, 4.69) is 39.5 Å². The molecular formula is C15H24O. The van der Waals surface area contributed by atoms with Gasteiger partial charge in [-0.05, 0) is 43.6 Å². The summed E-state index contributed by atoms with van der Waals surface area (Å²) in [6.45, 7) is 10.6. The Balaban J connectivity index is 2.82. The molecule has 0 radical (unpaired) electrons. The number of allylic oxidation sites excluding steroid dienone is 3. The second-order valence-electron chi connectivity index (χ2n) is 5.18. The van der Waals surface area contributed by atoms with Gasteiger partial charge in [0.1, 0.15) is 0 Å². The Morgan fingerprint density at radius 1 is 1.44 bits per heavy atom. The molecule has 16 heavy (non-hydrogen) atoms. The first-order valence-electron chi connectivity index (χ1n) is 6.21. The molecule has 0 aromatic carbocycles. The van der Waals surface area contributed by atoms with E-state index in [1.807, 2.05) is 6.08 Å². The molecule has 0 heterocycles. The summed E-state index contributed by atoms with van der Waals surface area (Å²) in [7, 11) is 0. The highest BCUT2D eigenvalue weighted by atomic mass is 16.3. The van der Waals surface area contributed by atoms with Crippen LogP contribution in [0.15, 0.2) is 36.0 Å². The fourth-order valence-electron chi connectivity index (χ4n) is 1.92. The molecule has 2 atom stereocenters. The fraction of sp³-hybridized carbons (Fsp3) is 0.600. The molecule has 0 unspecified atom stereocenters.